The summed E-state index contributed by atoms with van der Waals surface area (Å²) < 4.78 is 7.42. The van der Waals surface area contributed by atoms with Gasteiger partial charge in [0.2, 0.25) is 0 Å². The maximum absolute atomic E-state index is 12.3. The SMILES string of the molecule is Cn1ccc(CNC(=O)c2cccc(COc3ccccc3Cl)c2)n1. The molecule has 0 aliphatic rings. The van der Waals surface area contributed by atoms with Crippen LogP contribution >= 0.6 is 11.6 Å². The Morgan fingerprint density at radius 2 is 2.04 bits per heavy atom. The number of amides is 1. The topological polar surface area (TPSA) is 56.2 Å². The lowest BCUT2D eigenvalue weighted by molar-refractivity contribution is 0.0950. The molecule has 0 aliphatic heterocycles. The van der Waals surface area contributed by atoms with Crippen LogP contribution in [0.5, 0.6) is 5.75 Å². The third-order valence-electron chi connectivity index (χ3n) is 3.62. The highest BCUT2D eigenvalue weighted by Crippen LogP contribution is 2.24. The number of para-hydroxylation sites is 1. The lowest BCUT2D eigenvalue weighted by Gasteiger charge is -2.09. The molecule has 1 heterocycles. The number of ether oxygens (including phenoxy) is 1. The molecule has 128 valence electrons. The van der Waals surface area contributed by atoms with Crippen molar-refractivity contribution in [3.63, 3.8) is 0 Å². The lowest BCUT2D eigenvalue weighted by atomic mass is 10.1. The molecule has 1 amide bonds. The van der Waals surface area contributed by atoms with E-state index in [4.69, 9.17) is 16.3 Å². The van der Waals surface area contributed by atoms with Crippen molar-refractivity contribution in [3.8, 4) is 5.75 Å². The van der Waals surface area contributed by atoms with Crippen LogP contribution in [0.2, 0.25) is 5.02 Å². The van der Waals surface area contributed by atoms with Gasteiger partial charge in [0.15, 0.2) is 0 Å². The van der Waals surface area contributed by atoms with Gasteiger partial charge >= 0.3 is 0 Å². The standard InChI is InChI=1S/C19H18ClN3O2/c1-23-10-9-16(22-23)12-21-19(24)15-6-4-5-14(11-15)13-25-18-8-3-2-7-17(18)20/h2-11H,12-13H2,1H3,(H,21,24). The molecule has 0 unspecified atom stereocenters. The van der Waals surface area contributed by atoms with Gasteiger partial charge in [-0.2, -0.15) is 5.10 Å². The fraction of sp³-hybridized carbons (Fsp3) is 0.158. The monoisotopic (exact) mass is 355 g/mol. The molecule has 0 spiro atoms. The number of rotatable bonds is 6. The molecule has 3 rings (SSSR count). The molecule has 1 N–H and O–H groups in total. The molecule has 5 nitrogen and oxygen atoms in total. The van der Waals surface area contributed by atoms with Crippen LogP contribution < -0.4 is 10.1 Å². The maximum Gasteiger partial charge on any atom is 0.251 e. The zero-order valence-electron chi connectivity index (χ0n) is 13.8. The number of carbonyl (C=O) groups excluding carboxylic acids is 1. The van der Waals surface area contributed by atoms with Gasteiger partial charge in [-0.1, -0.05) is 35.9 Å². The lowest BCUT2D eigenvalue weighted by Crippen LogP contribution is -2.23. The van der Waals surface area contributed by atoms with E-state index in [1.165, 1.54) is 0 Å². The third kappa shape index (κ3) is 4.61. The first kappa shape index (κ1) is 17.0. The molecular formula is C19H18ClN3O2. The predicted octanol–water partition coefficient (Wildman–Crippen LogP) is 3.58. The Morgan fingerprint density at radius 3 is 2.80 bits per heavy atom. The highest BCUT2D eigenvalue weighted by Gasteiger charge is 2.08. The number of carbonyl (C=O) groups is 1. The third-order valence-corrected chi connectivity index (χ3v) is 3.93. The first-order chi connectivity index (χ1) is 12.1. The molecule has 0 radical (unpaired) electrons. The molecule has 0 bridgehead atoms. The fourth-order valence-corrected chi connectivity index (χ4v) is 2.55. The summed E-state index contributed by atoms with van der Waals surface area (Å²) >= 11 is 6.08. The Morgan fingerprint density at radius 1 is 1.20 bits per heavy atom. The van der Waals surface area contributed by atoms with Gasteiger partial charge in [0, 0.05) is 18.8 Å². The Bertz CT molecular complexity index is 876. The molecule has 0 saturated carbocycles. The number of benzene rings is 2. The van der Waals surface area contributed by atoms with Crippen molar-refractivity contribution < 1.29 is 9.53 Å². The Labute approximate surface area is 151 Å². The second kappa shape index (κ2) is 7.85. The summed E-state index contributed by atoms with van der Waals surface area (Å²) in [6.07, 6.45) is 1.84. The number of hydrogen-bond donors (Lipinski definition) is 1. The normalized spacial score (nSPS) is 10.5. The summed E-state index contributed by atoms with van der Waals surface area (Å²) in [7, 11) is 1.84. The van der Waals surface area contributed by atoms with Crippen LogP contribution in [-0.4, -0.2) is 15.7 Å². The first-order valence-electron chi connectivity index (χ1n) is 7.85. The molecule has 0 atom stereocenters. The maximum atomic E-state index is 12.3. The van der Waals surface area contributed by atoms with Gasteiger partial charge in [0.1, 0.15) is 12.4 Å². The van der Waals surface area contributed by atoms with Crippen molar-refractivity contribution in [2.24, 2.45) is 7.05 Å². The van der Waals surface area contributed by atoms with E-state index in [1.54, 1.807) is 16.8 Å². The van der Waals surface area contributed by atoms with Gasteiger partial charge < -0.3 is 10.1 Å². The Kier molecular flexibility index (Phi) is 5.36. The molecule has 3 aromatic rings. The van der Waals surface area contributed by atoms with Crippen LogP contribution in [0, 0.1) is 0 Å². The summed E-state index contributed by atoms with van der Waals surface area (Å²) in [5.41, 5.74) is 2.29. The molecule has 0 saturated heterocycles. The molecule has 0 aliphatic carbocycles. The zero-order valence-corrected chi connectivity index (χ0v) is 14.5. The van der Waals surface area contributed by atoms with E-state index >= 15 is 0 Å². The van der Waals surface area contributed by atoms with Crippen LogP contribution in [-0.2, 0) is 20.2 Å². The molecule has 2 aromatic carbocycles. The molecule has 0 fully saturated rings. The number of nitrogens with zero attached hydrogens (tertiary/aromatic N) is 2. The van der Waals surface area contributed by atoms with Gasteiger partial charge in [-0.05, 0) is 35.9 Å². The summed E-state index contributed by atoms with van der Waals surface area (Å²) in [6.45, 7) is 0.727. The second-order valence-electron chi connectivity index (χ2n) is 5.58. The van der Waals surface area contributed by atoms with Crippen LogP contribution in [0.1, 0.15) is 21.6 Å². The minimum Gasteiger partial charge on any atom is -0.487 e. The molecule has 25 heavy (non-hydrogen) atoms. The zero-order chi connectivity index (χ0) is 17.6. The minimum atomic E-state index is -0.148. The van der Waals surface area contributed by atoms with E-state index in [0.29, 0.717) is 29.5 Å². The van der Waals surface area contributed by atoms with Crippen molar-refractivity contribution in [1.82, 2.24) is 15.1 Å². The van der Waals surface area contributed by atoms with Crippen LogP contribution in [0.25, 0.3) is 0 Å². The minimum absolute atomic E-state index is 0.148. The summed E-state index contributed by atoms with van der Waals surface area (Å²) in [6, 6.07) is 16.5. The molecule has 6 heteroatoms. The van der Waals surface area contributed by atoms with Crippen molar-refractivity contribution in [3.05, 3.63) is 82.6 Å². The first-order valence-corrected chi connectivity index (χ1v) is 8.22. The van der Waals surface area contributed by atoms with Gasteiger partial charge in [-0.15, -0.1) is 0 Å². The van der Waals surface area contributed by atoms with Gasteiger partial charge in [-0.25, -0.2) is 0 Å². The quantitative estimate of drug-likeness (QED) is 0.735. The number of hydrogen-bond acceptors (Lipinski definition) is 3. The summed E-state index contributed by atoms with van der Waals surface area (Å²) in [5, 5.41) is 7.66. The fourth-order valence-electron chi connectivity index (χ4n) is 2.36. The van der Waals surface area contributed by atoms with Gasteiger partial charge in [0.05, 0.1) is 17.3 Å². The van der Waals surface area contributed by atoms with Crippen LogP contribution in [0.4, 0.5) is 0 Å². The summed E-state index contributed by atoms with van der Waals surface area (Å²) in [4.78, 5) is 12.3. The highest BCUT2D eigenvalue weighted by molar-refractivity contribution is 6.32. The average molecular weight is 356 g/mol. The Hall–Kier alpha value is -2.79. The number of nitrogens with one attached hydrogen (secondary N) is 1. The largest absolute Gasteiger partial charge is 0.487 e. The van der Waals surface area contributed by atoms with Crippen LogP contribution in [0.15, 0.2) is 60.8 Å². The van der Waals surface area contributed by atoms with Crippen molar-refractivity contribution in [2.75, 3.05) is 0 Å². The average Bonchev–Trinajstić information content (AvgIpc) is 3.04. The number of aromatic nitrogens is 2. The van der Waals surface area contributed by atoms with E-state index in [9.17, 15) is 4.79 Å². The van der Waals surface area contributed by atoms with E-state index in [0.717, 1.165) is 11.3 Å². The van der Waals surface area contributed by atoms with E-state index in [1.807, 2.05) is 55.7 Å². The van der Waals surface area contributed by atoms with Crippen molar-refractivity contribution >= 4 is 17.5 Å². The molecular weight excluding hydrogens is 338 g/mol. The van der Waals surface area contributed by atoms with E-state index in [-0.39, 0.29) is 5.91 Å². The van der Waals surface area contributed by atoms with Gasteiger partial charge in [-0.3, -0.25) is 9.48 Å². The van der Waals surface area contributed by atoms with E-state index < -0.39 is 0 Å². The summed E-state index contributed by atoms with van der Waals surface area (Å²) in [5.74, 6) is 0.472. The van der Waals surface area contributed by atoms with Crippen LogP contribution in [0.3, 0.4) is 0 Å². The smallest absolute Gasteiger partial charge is 0.251 e. The highest BCUT2D eigenvalue weighted by atomic mass is 35.5. The Balaban J connectivity index is 1.60. The number of halogens is 1. The van der Waals surface area contributed by atoms with E-state index in [2.05, 4.69) is 10.4 Å². The second-order valence-corrected chi connectivity index (χ2v) is 5.99. The van der Waals surface area contributed by atoms with Crippen molar-refractivity contribution in [1.29, 1.82) is 0 Å². The van der Waals surface area contributed by atoms with Gasteiger partial charge in [0.25, 0.3) is 5.91 Å². The van der Waals surface area contributed by atoms with Crippen molar-refractivity contribution in [2.45, 2.75) is 13.2 Å². The molecule has 1 aromatic heterocycles. The number of aryl methyl sites for hydroxylation is 1. The predicted molar refractivity (Wildman–Crippen MR) is 96.6 cm³/mol.